The predicted octanol–water partition coefficient (Wildman–Crippen LogP) is 7.19. The van der Waals surface area contributed by atoms with Crippen LogP contribution in [0.25, 0.3) is 0 Å². The largest absolute Gasteiger partial charge is 0.494 e. The quantitative estimate of drug-likeness (QED) is 0.0824. The minimum atomic E-state index is -0.439. The fourth-order valence-corrected chi connectivity index (χ4v) is 4.75. The van der Waals surface area contributed by atoms with Crippen LogP contribution in [-0.4, -0.2) is 44.3 Å². The summed E-state index contributed by atoms with van der Waals surface area (Å²) in [5.74, 6) is 1.63. The molecule has 1 aliphatic carbocycles. The highest BCUT2D eigenvalue weighted by molar-refractivity contribution is 5.91. The van der Waals surface area contributed by atoms with Crippen molar-refractivity contribution in [2.45, 2.75) is 65.2 Å². The number of ether oxygens (including phenoxy) is 5. The van der Waals surface area contributed by atoms with E-state index >= 15 is 0 Å². The van der Waals surface area contributed by atoms with Crippen molar-refractivity contribution in [2.75, 3.05) is 26.4 Å². The highest BCUT2D eigenvalue weighted by atomic mass is 16.5. The SMILES string of the molecule is C=CC(=O)OCC1CCC(COc2ccc(OC(=O)c3ccc(OCCCCCCOC(=O)C(=C)C)cc3)c(C)c2)CC1. The van der Waals surface area contributed by atoms with Gasteiger partial charge < -0.3 is 23.7 Å². The molecule has 0 spiro atoms. The van der Waals surface area contributed by atoms with E-state index in [0.717, 1.165) is 62.7 Å². The van der Waals surface area contributed by atoms with Crippen LogP contribution in [0.15, 0.2) is 67.3 Å². The zero-order valence-corrected chi connectivity index (χ0v) is 25.4. The van der Waals surface area contributed by atoms with Gasteiger partial charge >= 0.3 is 17.9 Å². The van der Waals surface area contributed by atoms with Crippen molar-refractivity contribution >= 4 is 17.9 Å². The molecule has 0 radical (unpaired) electrons. The van der Waals surface area contributed by atoms with E-state index in [1.807, 2.05) is 19.1 Å². The molecular weight excluding hydrogens is 548 g/mol. The van der Waals surface area contributed by atoms with Crippen LogP contribution in [0.4, 0.5) is 0 Å². The van der Waals surface area contributed by atoms with Crippen LogP contribution < -0.4 is 14.2 Å². The molecule has 8 nitrogen and oxygen atoms in total. The fraction of sp³-hybridized carbons (Fsp3) is 0.457. The van der Waals surface area contributed by atoms with Crippen LogP contribution in [0.5, 0.6) is 17.2 Å². The average Bonchev–Trinajstić information content (AvgIpc) is 3.01. The lowest BCUT2D eigenvalue weighted by Gasteiger charge is -2.28. The Balaban J connectivity index is 1.33. The molecule has 43 heavy (non-hydrogen) atoms. The zero-order valence-electron chi connectivity index (χ0n) is 25.4. The van der Waals surface area contributed by atoms with Gasteiger partial charge in [-0.25, -0.2) is 14.4 Å². The molecule has 1 saturated carbocycles. The van der Waals surface area contributed by atoms with Crippen LogP contribution in [0, 0.1) is 18.8 Å². The minimum Gasteiger partial charge on any atom is -0.494 e. The molecule has 0 aliphatic heterocycles. The van der Waals surface area contributed by atoms with E-state index in [-0.39, 0.29) is 11.9 Å². The van der Waals surface area contributed by atoms with Gasteiger partial charge in [0, 0.05) is 11.6 Å². The van der Waals surface area contributed by atoms with Gasteiger partial charge in [0.2, 0.25) is 0 Å². The molecule has 2 aromatic rings. The Bertz CT molecular complexity index is 1220. The number of hydrogen-bond acceptors (Lipinski definition) is 8. The van der Waals surface area contributed by atoms with Crippen LogP contribution in [0.2, 0.25) is 0 Å². The molecule has 2 aromatic carbocycles. The summed E-state index contributed by atoms with van der Waals surface area (Å²) in [6.07, 6.45) is 8.90. The van der Waals surface area contributed by atoms with E-state index < -0.39 is 5.97 Å². The first-order valence-electron chi connectivity index (χ1n) is 15.1. The number of unbranched alkanes of at least 4 members (excludes halogenated alkanes) is 3. The van der Waals surface area contributed by atoms with Gasteiger partial charge in [0.15, 0.2) is 0 Å². The number of carbonyl (C=O) groups excluding carboxylic acids is 3. The maximum absolute atomic E-state index is 12.7. The molecule has 0 heterocycles. The summed E-state index contributed by atoms with van der Waals surface area (Å²) in [5, 5.41) is 0. The van der Waals surface area contributed by atoms with Gasteiger partial charge in [0.1, 0.15) is 17.2 Å². The fourth-order valence-electron chi connectivity index (χ4n) is 4.75. The Morgan fingerprint density at radius 2 is 1.44 bits per heavy atom. The van der Waals surface area contributed by atoms with Gasteiger partial charge in [-0.2, -0.15) is 0 Å². The first-order chi connectivity index (χ1) is 20.7. The number of aryl methyl sites for hydroxylation is 1. The summed E-state index contributed by atoms with van der Waals surface area (Å²) in [4.78, 5) is 35.3. The molecule has 1 fully saturated rings. The molecule has 0 atom stereocenters. The number of hydrogen-bond donors (Lipinski definition) is 0. The predicted molar refractivity (Wildman–Crippen MR) is 164 cm³/mol. The third-order valence-corrected chi connectivity index (χ3v) is 7.41. The highest BCUT2D eigenvalue weighted by Gasteiger charge is 2.23. The number of benzene rings is 2. The van der Waals surface area contributed by atoms with Crippen molar-refractivity contribution in [1.29, 1.82) is 0 Å². The number of carbonyl (C=O) groups is 3. The molecule has 3 rings (SSSR count). The van der Waals surface area contributed by atoms with Crippen LogP contribution in [0.3, 0.4) is 0 Å². The summed E-state index contributed by atoms with van der Waals surface area (Å²) < 4.78 is 27.7. The summed E-state index contributed by atoms with van der Waals surface area (Å²) in [6.45, 7) is 12.6. The first kappa shape index (κ1) is 33.4. The molecule has 0 N–H and O–H groups in total. The van der Waals surface area contributed by atoms with E-state index in [4.69, 9.17) is 23.7 Å². The second kappa shape index (κ2) is 17.8. The van der Waals surface area contributed by atoms with Crippen molar-refractivity contribution in [2.24, 2.45) is 11.8 Å². The maximum atomic E-state index is 12.7. The molecule has 232 valence electrons. The normalized spacial score (nSPS) is 16.0. The second-order valence-electron chi connectivity index (χ2n) is 11.1. The smallest absolute Gasteiger partial charge is 0.343 e. The van der Waals surface area contributed by atoms with Gasteiger partial charge in [-0.15, -0.1) is 0 Å². The molecule has 0 bridgehead atoms. The summed E-state index contributed by atoms with van der Waals surface area (Å²) in [5.41, 5.74) is 1.66. The minimum absolute atomic E-state index is 0.345. The third-order valence-electron chi connectivity index (χ3n) is 7.41. The second-order valence-corrected chi connectivity index (χ2v) is 11.1. The Kier molecular flexibility index (Phi) is 13.8. The molecule has 0 unspecified atom stereocenters. The van der Waals surface area contributed by atoms with Crippen LogP contribution in [0.1, 0.15) is 74.2 Å². The average molecular weight is 593 g/mol. The lowest BCUT2D eigenvalue weighted by Crippen LogP contribution is -2.23. The maximum Gasteiger partial charge on any atom is 0.343 e. The van der Waals surface area contributed by atoms with Crippen molar-refractivity contribution < 1.29 is 38.1 Å². The highest BCUT2D eigenvalue weighted by Crippen LogP contribution is 2.31. The molecule has 0 amide bonds. The van der Waals surface area contributed by atoms with E-state index in [0.29, 0.717) is 60.9 Å². The van der Waals surface area contributed by atoms with Gasteiger partial charge in [0.25, 0.3) is 0 Å². The van der Waals surface area contributed by atoms with Gasteiger partial charge in [-0.1, -0.05) is 13.2 Å². The Hall–Kier alpha value is -4.07. The zero-order chi connectivity index (χ0) is 31.0. The molecular formula is C35H44O8. The lowest BCUT2D eigenvalue weighted by atomic mass is 9.83. The Morgan fingerprint density at radius 1 is 0.814 bits per heavy atom. The van der Waals surface area contributed by atoms with E-state index in [1.54, 1.807) is 37.3 Å². The summed E-state index contributed by atoms with van der Waals surface area (Å²) >= 11 is 0. The van der Waals surface area contributed by atoms with Crippen LogP contribution in [-0.2, 0) is 19.1 Å². The standard InChI is InChI=1S/C35H44O8/c1-5-33(36)42-24-28-12-10-27(11-13-28)23-41-31-18-19-32(26(4)22-31)43-35(38)29-14-16-30(17-15-29)39-20-8-6-7-9-21-40-34(37)25(2)3/h5,14-19,22,27-28H,1-2,6-13,20-21,23-24H2,3-4H3. The van der Waals surface area contributed by atoms with Crippen molar-refractivity contribution in [3.05, 3.63) is 78.4 Å². The topological polar surface area (TPSA) is 97.4 Å². The molecule has 0 aromatic heterocycles. The van der Waals surface area contributed by atoms with Gasteiger partial charge in [-0.05, 0) is 125 Å². The summed E-state index contributed by atoms with van der Waals surface area (Å²) in [6, 6.07) is 12.4. The van der Waals surface area contributed by atoms with Crippen molar-refractivity contribution in [3.63, 3.8) is 0 Å². The first-order valence-corrected chi connectivity index (χ1v) is 15.1. The van der Waals surface area contributed by atoms with Crippen molar-refractivity contribution in [1.82, 2.24) is 0 Å². The van der Waals surface area contributed by atoms with E-state index in [2.05, 4.69) is 13.2 Å². The number of rotatable bonds is 17. The Morgan fingerprint density at radius 3 is 2.07 bits per heavy atom. The van der Waals surface area contributed by atoms with Crippen molar-refractivity contribution in [3.8, 4) is 17.2 Å². The molecule has 0 saturated heterocycles. The van der Waals surface area contributed by atoms with Gasteiger partial charge in [-0.3, -0.25) is 0 Å². The monoisotopic (exact) mass is 592 g/mol. The Labute approximate surface area is 255 Å². The lowest BCUT2D eigenvalue weighted by molar-refractivity contribution is -0.140. The number of esters is 3. The summed E-state index contributed by atoms with van der Waals surface area (Å²) in [7, 11) is 0. The molecule has 8 heteroatoms. The van der Waals surface area contributed by atoms with E-state index in [9.17, 15) is 14.4 Å². The van der Waals surface area contributed by atoms with Crippen LogP contribution >= 0.6 is 0 Å². The molecule has 1 aliphatic rings. The van der Waals surface area contributed by atoms with E-state index in [1.165, 1.54) is 6.08 Å². The third kappa shape index (κ3) is 12.0. The van der Waals surface area contributed by atoms with Gasteiger partial charge in [0.05, 0.1) is 32.0 Å².